The fraction of sp³-hybridized carbons (Fsp3) is 0.350. The highest BCUT2D eigenvalue weighted by Crippen LogP contribution is 2.24. The lowest BCUT2D eigenvalue weighted by atomic mass is 10.2. The Morgan fingerprint density at radius 2 is 1.85 bits per heavy atom. The summed E-state index contributed by atoms with van der Waals surface area (Å²) < 4.78 is 13.7. The van der Waals surface area contributed by atoms with E-state index in [1.54, 1.807) is 12.1 Å². The quantitative estimate of drug-likeness (QED) is 0.781. The van der Waals surface area contributed by atoms with Gasteiger partial charge in [-0.1, -0.05) is 17.7 Å². The van der Waals surface area contributed by atoms with E-state index in [-0.39, 0.29) is 17.5 Å². The number of nitrogens with one attached hydrogen (secondary N) is 1. The molecule has 1 fully saturated rings. The lowest BCUT2D eigenvalue weighted by Gasteiger charge is -2.34. The fourth-order valence-electron chi connectivity index (χ4n) is 2.93. The van der Waals surface area contributed by atoms with Gasteiger partial charge in [-0.3, -0.25) is 4.79 Å². The Bertz CT molecular complexity index is 759. The van der Waals surface area contributed by atoms with Crippen LogP contribution in [-0.2, 0) is 10.5 Å². The molecule has 3 rings (SSSR count). The largest absolute Gasteiger partial charge is 0.369 e. The first kappa shape index (κ1) is 20.0. The molecule has 1 amide bonds. The number of likely N-dealkylation sites (N-methyl/N-ethyl adjacent to an activating group) is 1. The maximum Gasteiger partial charge on any atom is 0.234 e. The smallest absolute Gasteiger partial charge is 0.234 e. The van der Waals surface area contributed by atoms with Gasteiger partial charge < -0.3 is 15.1 Å². The van der Waals surface area contributed by atoms with Gasteiger partial charge in [-0.2, -0.15) is 0 Å². The van der Waals surface area contributed by atoms with Crippen molar-refractivity contribution in [1.82, 2.24) is 4.90 Å². The van der Waals surface area contributed by atoms with Gasteiger partial charge in [0.05, 0.1) is 5.75 Å². The van der Waals surface area contributed by atoms with Crippen LogP contribution in [0.4, 0.5) is 15.8 Å². The number of halogens is 2. The third-order valence-corrected chi connectivity index (χ3v) is 5.87. The van der Waals surface area contributed by atoms with Gasteiger partial charge >= 0.3 is 0 Å². The molecule has 1 aliphatic heterocycles. The molecule has 2 aromatic rings. The van der Waals surface area contributed by atoms with Crippen molar-refractivity contribution >= 4 is 40.6 Å². The summed E-state index contributed by atoms with van der Waals surface area (Å²) in [5, 5.41) is 3.27. The molecule has 4 nitrogen and oxygen atoms in total. The van der Waals surface area contributed by atoms with E-state index in [0.29, 0.717) is 16.3 Å². The number of piperazine rings is 1. The van der Waals surface area contributed by atoms with Crippen molar-refractivity contribution in [3.63, 3.8) is 0 Å². The molecular formula is C20H23ClFN3OS. The van der Waals surface area contributed by atoms with E-state index in [1.165, 1.54) is 23.5 Å². The van der Waals surface area contributed by atoms with Crippen LogP contribution < -0.4 is 10.2 Å². The van der Waals surface area contributed by atoms with Crippen LogP contribution in [0.2, 0.25) is 5.02 Å². The van der Waals surface area contributed by atoms with Crippen LogP contribution in [0.1, 0.15) is 5.56 Å². The molecular weight excluding hydrogens is 385 g/mol. The van der Waals surface area contributed by atoms with Crippen LogP contribution in [-0.4, -0.2) is 49.8 Å². The number of anilines is 2. The number of benzene rings is 2. The summed E-state index contributed by atoms with van der Waals surface area (Å²) in [4.78, 5) is 16.8. The highest BCUT2D eigenvalue weighted by Gasteiger charge is 2.14. The van der Waals surface area contributed by atoms with Gasteiger partial charge in [-0.15, -0.1) is 11.8 Å². The van der Waals surface area contributed by atoms with Gasteiger partial charge in [-0.25, -0.2) is 4.39 Å². The number of rotatable bonds is 6. The molecule has 1 aliphatic rings. The van der Waals surface area contributed by atoms with E-state index in [0.717, 1.165) is 31.9 Å². The van der Waals surface area contributed by atoms with Crippen molar-refractivity contribution in [2.24, 2.45) is 0 Å². The highest BCUT2D eigenvalue weighted by atomic mass is 35.5. The van der Waals surface area contributed by atoms with Crippen molar-refractivity contribution < 1.29 is 9.18 Å². The predicted molar refractivity (Wildman–Crippen MR) is 112 cm³/mol. The number of carbonyl (C=O) groups is 1. The number of amides is 1. The number of hydrogen-bond acceptors (Lipinski definition) is 4. The maximum absolute atomic E-state index is 13.7. The minimum Gasteiger partial charge on any atom is -0.369 e. The van der Waals surface area contributed by atoms with Crippen LogP contribution in [0.5, 0.6) is 0 Å². The van der Waals surface area contributed by atoms with Gasteiger partial charge in [-0.05, 0) is 43.4 Å². The summed E-state index contributed by atoms with van der Waals surface area (Å²) in [6.45, 7) is 4.14. The number of thioether (sulfide) groups is 1. The lowest BCUT2D eigenvalue weighted by Crippen LogP contribution is -2.44. The van der Waals surface area contributed by atoms with E-state index in [1.807, 2.05) is 24.3 Å². The van der Waals surface area contributed by atoms with Gasteiger partial charge in [0.1, 0.15) is 5.82 Å². The van der Waals surface area contributed by atoms with Gasteiger partial charge in [0.15, 0.2) is 0 Å². The normalized spacial score (nSPS) is 15.0. The summed E-state index contributed by atoms with van der Waals surface area (Å²) in [5.41, 5.74) is 2.38. The molecule has 0 aliphatic carbocycles. The summed E-state index contributed by atoms with van der Waals surface area (Å²) in [6, 6.07) is 12.5. The molecule has 1 N–H and O–H groups in total. The second-order valence-corrected chi connectivity index (χ2v) is 7.97. The van der Waals surface area contributed by atoms with Crippen molar-refractivity contribution in [1.29, 1.82) is 0 Å². The summed E-state index contributed by atoms with van der Waals surface area (Å²) >= 11 is 7.34. The molecule has 0 aromatic heterocycles. The Labute approximate surface area is 168 Å². The monoisotopic (exact) mass is 407 g/mol. The van der Waals surface area contributed by atoms with Crippen molar-refractivity contribution in [3.05, 3.63) is 58.9 Å². The summed E-state index contributed by atoms with van der Waals surface area (Å²) in [5.74, 6) is 0.154. The van der Waals surface area contributed by atoms with Crippen LogP contribution in [0.15, 0.2) is 42.5 Å². The van der Waals surface area contributed by atoms with Crippen LogP contribution >= 0.6 is 23.4 Å². The number of nitrogens with zero attached hydrogens (tertiary/aromatic N) is 2. The van der Waals surface area contributed by atoms with Gasteiger partial charge in [0.25, 0.3) is 0 Å². The van der Waals surface area contributed by atoms with Crippen LogP contribution in [0, 0.1) is 5.82 Å². The highest BCUT2D eigenvalue weighted by molar-refractivity contribution is 7.99. The zero-order valence-electron chi connectivity index (χ0n) is 15.3. The molecule has 2 aromatic carbocycles. The Balaban J connectivity index is 1.46. The van der Waals surface area contributed by atoms with E-state index in [2.05, 4.69) is 22.2 Å². The Morgan fingerprint density at radius 3 is 2.52 bits per heavy atom. The minimum absolute atomic E-state index is 0.111. The minimum atomic E-state index is -0.338. The molecule has 0 atom stereocenters. The Morgan fingerprint density at radius 1 is 1.15 bits per heavy atom. The second-order valence-electron chi connectivity index (χ2n) is 6.58. The summed E-state index contributed by atoms with van der Waals surface area (Å²) in [6.07, 6.45) is 0. The molecule has 0 radical (unpaired) electrons. The zero-order chi connectivity index (χ0) is 19.2. The van der Waals surface area contributed by atoms with E-state index < -0.39 is 0 Å². The Kier molecular flexibility index (Phi) is 6.99. The number of carbonyl (C=O) groups excluding carboxylic acids is 1. The first-order valence-electron chi connectivity index (χ1n) is 8.87. The third-order valence-electron chi connectivity index (χ3n) is 4.56. The van der Waals surface area contributed by atoms with E-state index in [9.17, 15) is 9.18 Å². The van der Waals surface area contributed by atoms with Gasteiger partial charge in [0.2, 0.25) is 5.91 Å². The Hall–Kier alpha value is -1.76. The average Bonchev–Trinajstić information content (AvgIpc) is 2.65. The first-order valence-corrected chi connectivity index (χ1v) is 10.4. The molecule has 1 saturated heterocycles. The standard InChI is InChI=1S/C20H23ClFN3OS/c1-24-9-11-25(12-10-24)16-7-5-15(6-8-16)23-20(26)14-27-13-17-18(21)3-2-4-19(17)22/h2-8H,9-14H2,1H3,(H,23,26). The van der Waals surface area contributed by atoms with Crippen LogP contribution in [0.25, 0.3) is 0 Å². The lowest BCUT2D eigenvalue weighted by molar-refractivity contribution is -0.113. The first-order chi connectivity index (χ1) is 13.0. The van der Waals surface area contributed by atoms with E-state index in [4.69, 9.17) is 11.6 Å². The topological polar surface area (TPSA) is 35.6 Å². The van der Waals surface area contributed by atoms with Crippen molar-refractivity contribution in [2.45, 2.75) is 5.75 Å². The molecule has 27 heavy (non-hydrogen) atoms. The molecule has 7 heteroatoms. The SMILES string of the molecule is CN1CCN(c2ccc(NC(=O)CSCc3c(F)cccc3Cl)cc2)CC1. The maximum atomic E-state index is 13.7. The second kappa shape index (κ2) is 9.44. The third kappa shape index (κ3) is 5.61. The molecule has 0 bridgehead atoms. The molecule has 1 heterocycles. The summed E-state index contributed by atoms with van der Waals surface area (Å²) in [7, 11) is 2.13. The molecule has 0 spiro atoms. The molecule has 0 saturated carbocycles. The van der Waals surface area contributed by atoms with Gasteiger partial charge in [0, 0.05) is 53.9 Å². The molecule has 0 unspecified atom stereocenters. The predicted octanol–water partition coefficient (Wildman–Crippen LogP) is 4.10. The van der Waals surface area contributed by atoms with Crippen LogP contribution in [0.3, 0.4) is 0 Å². The van der Waals surface area contributed by atoms with Crippen molar-refractivity contribution in [2.75, 3.05) is 49.2 Å². The molecule has 144 valence electrons. The van der Waals surface area contributed by atoms with E-state index >= 15 is 0 Å². The number of hydrogen-bond donors (Lipinski definition) is 1. The average molecular weight is 408 g/mol. The fourth-order valence-corrected chi connectivity index (χ4v) is 4.10. The van der Waals surface area contributed by atoms with Crippen molar-refractivity contribution in [3.8, 4) is 0 Å². The zero-order valence-corrected chi connectivity index (χ0v) is 16.8.